The van der Waals surface area contributed by atoms with Crippen LogP contribution in [-0.4, -0.2) is 22.9 Å². The van der Waals surface area contributed by atoms with Gasteiger partial charge in [0, 0.05) is 29.8 Å². The number of carboxylic acid groups (broad SMARTS) is 1. The van der Waals surface area contributed by atoms with E-state index in [9.17, 15) is 14.4 Å². The molecule has 0 radical (unpaired) electrons. The number of carbonyl (C=O) groups excluding carboxylic acids is 2. The quantitative estimate of drug-likeness (QED) is 0.744. The normalized spacial score (nSPS) is 10.6. The van der Waals surface area contributed by atoms with Crippen molar-refractivity contribution in [3.63, 3.8) is 0 Å². The molecule has 1 aromatic carbocycles. The fourth-order valence-corrected chi connectivity index (χ4v) is 2.14. The molecule has 0 saturated carbocycles. The number of furan rings is 1. The minimum absolute atomic E-state index is 0.0226. The molecule has 3 N–H and O–H groups in total. The second-order valence-electron chi connectivity index (χ2n) is 5.79. The number of benzene rings is 1. The molecule has 0 fully saturated rings. The van der Waals surface area contributed by atoms with E-state index >= 15 is 0 Å². The number of carbonyl (C=O) groups is 3. The van der Waals surface area contributed by atoms with Crippen molar-refractivity contribution in [3.8, 4) is 0 Å². The fraction of sp³-hybridized carbons (Fsp3) is 0.278. The second-order valence-corrected chi connectivity index (χ2v) is 5.79. The smallest absolute Gasteiger partial charge is 0.339 e. The average Bonchev–Trinajstić information content (AvgIpc) is 2.99. The average molecular weight is 344 g/mol. The van der Waals surface area contributed by atoms with Gasteiger partial charge in [0.25, 0.3) is 5.91 Å². The maximum Gasteiger partial charge on any atom is 0.339 e. The van der Waals surface area contributed by atoms with E-state index in [1.54, 1.807) is 45.0 Å². The summed E-state index contributed by atoms with van der Waals surface area (Å²) in [5.41, 5.74) is 0.986. The number of rotatable bonds is 6. The van der Waals surface area contributed by atoms with Gasteiger partial charge in [0.15, 0.2) is 5.76 Å². The lowest BCUT2D eigenvalue weighted by molar-refractivity contribution is -0.118. The van der Waals surface area contributed by atoms with Gasteiger partial charge in [-0.2, -0.15) is 0 Å². The van der Waals surface area contributed by atoms with Crippen molar-refractivity contribution in [1.82, 2.24) is 0 Å². The summed E-state index contributed by atoms with van der Waals surface area (Å²) in [5, 5.41) is 14.5. The highest BCUT2D eigenvalue weighted by Crippen LogP contribution is 2.20. The van der Waals surface area contributed by atoms with Gasteiger partial charge in [-0.25, -0.2) is 4.79 Å². The molecule has 2 rings (SSSR count). The molecule has 0 bridgehead atoms. The Labute approximate surface area is 145 Å². The van der Waals surface area contributed by atoms with Gasteiger partial charge in [0.05, 0.1) is 0 Å². The van der Waals surface area contributed by atoms with Crippen molar-refractivity contribution in [2.75, 3.05) is 10.6 Å². The first kappa shape index (κ1) is 18.3. The van der Waals surface area contributed by atoms with Crippen molar-refractivity contribution in [2.45, 2.75) is 27.2 Å². The van der Waals surface area contributed by atoms with Gasteiger partial charge in [-0.05, 0) is 18.2 Å². The summed E-state index contributed by atoms with van der Waals surface area (Å²) in [7, 11) is 0. The molecule has 0 aliphatic carbocycles. The molecule has 0 aliphatic rings. The maximum atomic E-state index is 12.3. The molecule has 132 valence electrons. The van der Waals surface area contributed by atoms with E-state index in [-0.39, 0.29) is 28.9 Å². The molecule has 2 amide bonds. The van der Waals surface area contributed by atoms with Crippen LogP contribution < -0.4 is 10.6 Å². The highest BCUT2D eigenvalue weighted by Gasteiger charge is 2.20. The van der Waals surface area contributed by atoms with Crippen LogP contribution in [0, 0.1) is 5.92 Å². The van der Waals surface area contributed by atoms with Gasteiger partial charge in [0.2, 0.25) is 5.91 Å². The van der Waals surface area contributed by atoms with Gasteiger partial charge in [-0.3, -0.25) is 9.59 Å². The summed E-state index contributed by atoms with van der Waals surface area (Å²) < 4.78 is 5.32. The zero-order chi connectivity index (χ0) is 18.6. The third-order valence-corrected chi connectivity index (χ3v) is 3.50. The molecule has 0 spiro atoms. The summed E-state index contributed by atoms with van der Waals surface area (Å²) in [6, 6.07) is 7.87. The molecule has 0 unspecified atom stereocenters. The van der Waals surface area contributed by atoms with Crippen molar-refractivity contribution in [1.29, 1.82) is 0 Å². The van der Waals surface area contributed by atoms with E-state index in [1.165, 1.54) is 6.07 Å². The Kier molecular flexibility index (Phi) is 5.59. The molecule has 0 atom stereocenters. The van der Waals surface area contributed by atoms with Crippen LogP contribution in [0.3, 0.4) is 0 Å². The van der Waals surface area contributed by atoms with E-state index in [0.717, 1.165) is 0 Å². The highest BCUT2D eigenvalue weighted by atomic mass is 16.4. The summed E-state index contributed by atoms with van der Waals surface area (Å²) >= 11 is 0. The van der Waals surface area contributed by atoms with Crippen LogP contribution >= 0.6 is 0 Å². The topological polar surface area (TPSA) is 109 Å². The molecule has 7 heteroatoms. The van der Waals surface area contributed by atoms with Crippen molar-refractivity contribution in [3.05, 3.63) is 47.4 Å². The Morgan fingerprint density at radius 1 is 1.12 bits per heavy atom. The molecule has 2 aromatic rings. The van der Waals surface area contributed by atoms with Crippen LogP contribution in [0.25, 0.3) is 0 Å². The Hall–Kier alpha value is -3.09. The van der Waals surface area contributed by atoms with Crippen LogP contribution in [0.15, 0.2) is 34.7 Å². The maximum absolute atomic E-state index is 12.3. The number of hydrogen-bond donors (Lipinski definition) is 3. The third-order valence-electron chi connectivity index (χ3n) is 3.50. The number of anilines is 2. The zero-order valence-corrected chi connectivity index (χ0v) is 14.3. The zero-order valence-electron chi connectivity index (χ0n) is 14.3. The molecular formula is C18H20N2O5. The Balaban J connectivity index is 2.15. The molecule has 0 aliphatic heterocycles. The van der Waals surface area contributed by atoms with E-state index in [4.69, 9.17) is 9.52 Å². The first-order valence-electron chi connectivity index (χ1n) is 7.90. The van der Waals surface area contributed by atoms with Crippen LogP contribution in [0.5, 0.6) is 0 Å². The fourth-order valence-electron chi connectivity index (χ4n) is 2.14. The van der Waals surface area contributed by atoms with Crippen LogP contribution in [-0.2, 0) is 11.2 Å². The lowest BCUT2D eigenvalue weighted by Crippen LogP contribution is -2.18. The monoisotopic (exact) mass is 344 g/mol. The number of aryl methyl sites for hydroxylation is 1. The van der Waals surface area contributed by atoms with Gasteiger partial charge < -0.3 is 20.2 Å². The standard InChI is InChI=1S/C18H20N2O5/c1-4-14-13(18(23)24)9-15(25-14)17(22)20-12-7-5-6-11(8-12)19-16(21)10(2)3/h5-10H,4H2,1-3H3,(H,19,21)(H,20,22)(H,23,24). The predicted molar refractivity (Wildman–Crippen MR) is 92.9 cm³/mol. The second kappa shape index (κ2) is 7.65. The number of hydrogen-bond acceptors (Lipinski definition) is 4. The largest absolute Gasteiger partial charge is 0.478 e. The van der Waals surface area contributed by atoms with E-state index in [1.807, 2.05) is 0 Å². The lowest BCUT2D eigenvalue weighted by atomic mass is 10.2. The minimum atomic E-state index is -1.14. The third kappa shape index (κ3) is 4.47. The SMILES string of the molecule is CCc1oc(C(=O)Nc2cccc(NC(=O)C(C)C)c2)cc1C(=O)O. The van der Waals surface area contributed by atoms with Crippen LogP contribution in [0.1, 0.15) is 47.4 Å². The molecule has 1 heterocycles. The number of aromatic carboxylic acids is 1. The number of amides is 2. The van der Waals surface area contributed by atoms with Crippen LogP contribution in [0.4, 0.5) is 11.4 Å². The van der Waals surface area contributed by atoms with Crippen molar-refractivity contribution < 1.29 is 23.9 Å². The predicted octanol–water partition coefficient (Wildman–Crippen LogP) is 3.39. The van der Waals surface area contributed by atoms with Crippen molar-refractivity contribution in [2.24, 2.45) is 5.92 Å². The lowest BCUT2D eigenvalue weighted by Gasteiger charge is -2.09. The number of carboxylic acids is 1. The molecule has 0 saturated heterocycles. The minimum Gasteiger partial charge on any atom is -0.478 e. The summed E-state index contributed by atoms with van der Waals surface area (Å²) in [6.45, 7) is 5.31. The van der Waals surface area contributed by atoms with Gasteiger partial charge in [-0.1, -0.05) is 26.8 Å². The molecule has 7 nitrogen and oxygen atoms in total. The van der Waals surface area contributed by atoms with E-state index in [2.05, 4.69) is 10.6 Å². The number of nitrogens with one attached hydrogen (secondary N) is 2. The first-order valence-corrected chi connectivity index (χ1v) is 7.90. The van der Waals surface area contributed by atoms with E-state index < -0.39 is 11.9 Å². The summed E-state index contributed by atoms with van der Waals surface area (Å²) in [5.74, 6) is -1.83. The van der Waals surface area contributed by atoms with Crippen molar-refractivity contribution >= 4 is 29.2 Å². The van der Waals surface area contributed by atoms with Crippen LogP contribution in [0.2, 0.25) is 0 Å². The first-order chi connectivity index (χ1) is 11.8. The highest BCUT2D eigenvalue weighted by molar-refractivity contribution is 6.04. The Morgan fingerprint density at radius 3 is 2.28 bits per heavy atom. The Morgan fingerprint density at radius 2 is 1.76 bits per heavy atom. The summed E-state index contributed by atoms with van der Waals surface area (Å²) in [4.78, 5) is 35.2. The summed E-state index contributed by atoms with van der Waals surface area (Å²) in [6.07, 6.45) is 0.367. The van der Waals surface area contributed by atoms with Gasteiger partial charge in [-0.15, -0.1) is 0 Å². The van der Waals surface area contributed by atoms with E-state index in [0.29, 0.717) is 17.8 Å². The molecular weight excluding hydrogens is 324 g/mol. The Bertz CT molecular complexity index is 808. The van der Waals surface area contributed by atoms with Gasteiger partial charge in [0.1, 0.15) is 11.3 Å². The molecule has 25 heavy (non-hydrogen) atoms. The van der Waals surface area contributed by atoms with Gasteiger partial charge >= 0.3 is 5.97 Å². The molecule has 1 aromatic heterocycles.